The van der Waals surface area contributed by atoms with E-state index in [2.05, 4.69) is 22.9 Å². The lowest BCUT2D eigenvalue weighted by molar-refractivity contribution is 0.611. The van der Waals surface area contributed by atoms with Crippen LogP contribution in [0, 0.1) is 0 Å². The number of rotatable bonds is 13. The lowest BCUT2D eigenvalue weighted by Crippen LogP contribution is -1.77. The van der Waals surface area contributed by atoms with Crippen molar-refractivity contribution in [3.8, 4) is 0 Å². The van der Waals surface area contributed by atoms with Gasteiger partial charge in [-0.1, -0.05) is 85.6 Å². The fourth-order valence-electron chi connectivity index (χ4n) is 1.80. The van der Waals surface area contributed by atoms with Crippen LogP contribution in [0.3, 0.4) is 0 Å². The van der Waals surface area contributed by atoms with Crippen molar-refractivity contribution in [3.63, 3.8) is 0 Å². The highest BCUT2D eigenvalue weighted by atomic mass is 79.9. The number of allylic oxidation sites excluding steroid dienone is 4. The van der Waals surface area contributed by atoms with Crippen LogP contribution in [0.25, 0.3) is 0 Å². The summed E-state index contributed by atoms with van der Waals surface area (Å²) in [5, 5.41) is 1.08. The molecule has 0 fully saturated rings. The van der Waals surface area contributed by atoms with Crippen molar-refractivity contribution in [1.29, 1.82) is 0 Å². The third-order valence-corrected chi connectivity index (χ3v) is 3.52. The molecule has 0 aromatic carbocycles. The summed E-state index contributed by atoms with van der Waals surface area (Å²) < 4.78 is 15.7. The normalized spacial score (nSPS) is 14.6. The number of unbranched alkanes of at least 4 members (excludes halogenated alkanes) is 8. The summed E-state index contributed by atoms with van der Waals surface area (Å²) in [6.45, 7) is 2.23. The Bertz CT molecular complexity index is 272. The van der Waals surface area contributed by atoms with Gasteiger partial charge in [-0.15, -0.1) is 0 Å². The first kappa shape index (κ1) is 14.4. The van der Waals surface area contributed by atoms with Gasteiger partial charge in [0.2, 0.25) is 0 Å². The molecule has 0 bridgehead atoms. The molecule has 0 rings (SSSR count). The zero-order valence-electron chi connectivity index (χ0n) is 14.0. The Morgan fingerprint density at radius 3 is 2.33 bits per heavy atom. The van der Waals surface area contributed by atoms with Gasteiger partial charge >= 0.3 is 0 Å². The van der Waals surface area contributed by atoms with E-state index in [1.54, 1.807) is 0 Å². The molecule has 0 nitrogen and oxygen atoms in total. The number of hydrogen-bond donors (Lipinski definition) is 0. The average molecular weight is 317 g/mol. The molecule has 1 heteroatoms. The second kappa shape index (κ2) is 17.0. The average Bonchev–Trinajstić information content (AvgIpc) is 2.45. The maximum absolute atomic E-state index is 7.88. The molecule has 0 saturated heterocycles. The van der Waals surface area contributed by atoms with Crippen molar-refractivity contribution >= 4 is 15.9 Å². The van der Waals surface area contributed by atoms with Crippen molar-refractivity contribution in [2.45, 2.75) is 77.6 Å². The quantitative estimate of drug-likeness (QED) is 0.199. The summed E-state index contributed by atoms with van der Waals surface area (Å²) in [6, 6.07) is 0.899. The maximum atomic E-state index is 7.88. The largest absolute Gasteiger partial charge is 0.0928 e. The van der Waals surface area contributed by atoms with Gasteiger partial charge in [0.1, 0.15) is 0 Å². The van der Waals surface area contributed by atoms with Crippen molar-refractivity contribution in [1.82, 2.24) is 0 Å². The highest BCUT2D eigenvalue weighted by molar-refractivity contribution is 9.09. The topological polar surface area (TPSA) is 0 Å². The van der Waals surface area contributed by atoms with E-state index in [0.29, 0.717) is 12.1 Å². The van der Waals surface area contributed by atoms with Gasteiger partial charge in [0.15, 0.2) is 0 Å². The molecule has 0 aliphatic heterocycles. The molecule has 0 aliphatic rings. The lowest BCUT2D eigenvalue weighted by Gasteiger charge is -1.97. The van der Waals surface area contributed by atoms with Crippen LogP contribution in [-0.2, 0) is 0 Å². The van der Waals surface area contributed by atoms with Gasteiger partial charge in [0.25, 0.3) is 0 Å². The highest BCUT2D eigenvalue weighted by Gasteiger charge is 1.87. The number of hydrogen-bond acceptors (Lipinski definition) is 0. The van der Waals surface area contributed by atoms with Crippen LogP contribution in [0.5, 0.6) is 0 Å². The second-order valence-electron chi connectivity index (χ2n) is 4.78. The fraction of sp³-hybridized carbons (Fsp3) is 0.765. The molecule has 0 radical (unpaired) electrons. The fourth-order valence-corrected chi connectivity index (χ4v) is 2.20. The molecule has 0 unspecified atom stereocenters. The lowest BCUT2D eigenvalue weighted by atomic mass is 10.1. The van der Waals surface area contributed by atoms with Crippen molar-refractivity contribution in [2.24, 2.45) is 0 Å². The van der Waals surface area contributed by atoms with Crippen molar-refractivity contribution in [2.75, 3.05) is 5.33 Å². The van der Waals surface area contributed by atoms with Gasteiger partial charge in [-0.3, -0.25) is 0 Å². The van der Waals surface area contributed by atoms with E-state index < -0.39 is 0 Å². The first-order valence-corrected chi connectivity index (χ1v) is 8.73. The standard InChI is InChI=1S/C17H31Br/c1-2-3-4-5-6-7-8-9-10-11-12-13-14-15-16-17-18/h9-12H,2-8,13-17H2,1H3/b10-9+,12-11+/i9D,10D. The Morgan fingerprint density at radius 2 is 1.56 bits per heavy atom. The molecule has 0 atom stereocenters. The molecule has 0 amide bonds. The van der Waals surface area contributed by atoms with Crippen LogP contribution in [0.2, 0.25) is 0 Å². The minimum absolute atomic E-state index is 0.402. The van der Waals surface area contributed by atoms with Gasteiger partial charge in [-0.25, -0.2) is 0 Å². The summed E-state index contributed by atoms with van der Waals surface area (Å²) >= 11 is 3.42. The monoisotopic (exact) mass is 316 g/mol. The first-order chi connectivity index (χ1) is 9.72. The minimum atomic E-state index is 0.402. The minimum Gasteiger partial charge on any atom is -0.0928 e. The molecule has 0 heterocycles. The van der Waals surface area contributed by atoms with Gasteiger partial charge in [0.05, 0.1) is 2.74 Å². The van der Waals surface area contributed by atoms with Crippen molar-refractivity contribution in [3.05, 3.63) is 24.3 Å². The Labute approximate surface area is 126 Å². The van der Waals surface area contributed by atoms with Gasteiger partial charge < -0.3 is 0 Å². The SMILES string of the molecule is [2H]C(/C=C/CCCCCBr)=C(/[2H])CCCCCCCC. The molecular formula is C17H31Br. The van der Waals surface area contributed by atoms with Crippen LogP contribution in [0.15, 0.2) is 24.3 Å². The van der Waals surface area contributed by atoms with Crippen LogP contribution >= 0.6 is 15.9 Å². The molecule has 0 aliphatic carbocycles. The van der Waals surface area contributed by atoms with E-state index in [1.165, 1.54) is 51.4 Å². The van der Waals surface area contributed by atoms with E-state index in [-0.39, 0.29) is 0 Å². The summed E-state index contributed by atoms with van der Waals surface area (Å²) in [4.78, 5) is 0. The highest BCUT2D eigenvalue weighted by Crippen LogP contribution is 2.07. The Balaban J connectivity index is 3.68. The number of halogens is 1. The van der Waals surface area contributed by atoms with Crippen LogP contribution < -0.4 is 0 Å². The van der Waals surface area contributed by atoms with E-state index >= 15 is 0 Å². The van der Waals surface area contributed by atoms with Crippen molar-refractivity contribution < 1.29 is 2.74 Å². The maximum Gasteiger partial charge on any atom is 0.0619 e. The predicted molar refractivity (Wildman–Crippen MR) is 88.5 cm³/mol. The molecule has 0 spiro atoms. The number of alkyl halides is 1. The van der Waals surface area contributed by atoms with Crippen LogP contribution in [0.4, 0.5) is 0 Å². The molecule has 0 aromatic heterocycles. The molecule has 18 heavy (non-hydrogen) atoms. The third-order valence-electron chi connectivity index (χ3n) is 2.96. The van der Waals surface area contributed by atoms with E-state index in [9.17, 15) is 0 Å². The molecule has 0 aromatic rings. The van der Waals surface area contributed by atoms with Crippen LogP contribution in [-0.4, -0.2) is 5.33 Å². The zero-order valence-corrected chi connectivity index (χ0v) is 13.6. The Morgan fingerprint density at radius 1 is 0.889 bits per heavy atom. The van der Waals surface area contributed by atoms with Gasteiger partial charge in [0, 0.05) is 5.33 Å². The summed E-state index contributed by atoms with van der Waals surface area (Å²) in [5.41, 5.74) is 0. The Hall–Kier alpha value is -0.0400. The van der Waals surface area contributed by atoms with E-state index in [1.807, 2.05) is 12.2 Å². The Kier molecular flexibility index (Phi) is 13.5. The summed E-state index contributed by atoms with van der Waals surface area (Å²) in [5.74, 6) is 0. The summed E-state index contributed by atoms with van der Waals surface area (Å²) in [6.07, 6.45) is 16.7. The second-order valence-corrected chi connectivity index (χ2v) is 5.57. The van der Waals surface area contributed by atoms with E-state index in [4.69, 9.17) is 2.74 Å². The smallest absolute Gasteiger partial charge is 0.0619 e. The predicted octanol–water partition coefficient (Wildman–Crippen LogP) is 6.80. The first-order valence-electron chi connectivity index (χ1n) is 8.61. The van der Waals surface area contributed by atoms with Gasteiger partial charge in [-0.05, 0) is 32.1 Å². The molecular weight excluding hydrogens is 284 g/mol. The zero-order chi connectivity index (χ0) is 15.1. The molecule has 0 N–H and O–H groups in total. The van der Waals surface area contributed by atoms with Crippen LogP contribution in [0.1, 0.15) is 80.3 Å². The molecule has 0 saturated carbocycles. The summed E-state index contributed by atoms with van der Waals surface area (Å²) in [7, 11) is 0. The van der Waals surface area contributed by atoms with E-state index in [0.717, 1.165) is 24.6 Å². The van der Waals surface area contributed by atoms with Gasteiger partial charge in [-0.2, -0.15) is 0 Å². The third kappa shape index (κ3) is 16.0. The molecule has 106 valence electrons.